The summed E-state index contributed by atoms with van der Waals surface area (Å²) in [6, 6.07) is 17.9. The number of aryl methyl sites for hydroxylation is 1. The summed E-state index contributed by atoms with van der Waals surface area (Å²) >= 11 is 0. The first-order chi connectivity index (χ1) is 28.0. The zero-order chi connectivity index (χ0) is 42.3. The summed E-state index contributed by atoms with van der Waals surface area (Å²) < 4.78 is 34.3. The first-order valence-corrected chi connectivity index (χ1v) is 21.1. The molecule has 1 aliphatic heterocycles. The second-order valence-electron chi connectivity index (χ2n) is 16.2. The van der Waals surface area contributed by atoms with E-state index >= 15 is 0 Å². The van der Waals surface area contributed by atoms with Crippen molar-refractivity contribution in [3.8, 4) is 22.5 Å². The van der Waals surface area contributed by atoms with Crippen LogP contribution in [0.2, 0.25) is 0 Å². The van der Waals surface area contributed by atoms with Crippen molar-refractivity contribution in [2.24, 2.45) is 11.8 Å². The average molecular weight is 830 g/mol. The number of hydrogen-bond acceptors (Lipinski definition) is 10. The number of benzene rings is 3. The number of tetrazole rings is 1. The van der Waals surface area contributed by atoms with Crippen molar-refractivity contribution in [2.45, 2.75) is 88.8 Å². The normalized spacial score (nSPS) is 18.8. The molecule has 2 aliphatic rings. The summed E-state index contributed by atoms with van der Waals surface area (Å²) in [5.41, 5.74) is 3.82. The summed E-state index contributed by atoms with van der Waals surface area (Å²) in [7, 11) is -3.88. The van der Waals surface area contributed by atoms with Crippen molar-refractivity contribution >= 4 is 39.7 Å². The Hall–Kier alpha value is -5.88. The highest BCUT2D eigenvalue weighted by Gasteiger charge is 2.32. The minimum absolute atomic E-state index is 0.0872. The molecule has 2 heterocycles. The molecule has 6 N–H and O–H groups in total. The Labute approximate surface area is 343 Å². The Morgan fingerprint density at radius 1 is 0.949 bits per heavy atom. The van der Waals surface area contributed by atoms with Gasteiger partial charge in [-0.05, 0) is 130 Å². The Balaban J connectivity index is 1.11. The molecule has 1 aromatic heterocycles. The van der Waals surface area contributed by atoms with E-state index in [9.17, 15) is 32.7 Å². The lowest BCUT2D eigenvalue weighted by molar-refractivity contribution is -0.130. The van der Waals surface area contributed by atoms with Crippen molar-refractivity contribution in [1.82, 2.24) is 40.9 Å². The van der Waals surface area contributed by atoms with Gasteiger partial charge in [-0.15, -0.1) is 10.2 Å². The number of carboxylic acid groups (broad SMARTS) is 1. The highest BCUT2D eigenvalue weighted by molar-refractivity contribution is 7.89. The molecular weight excluding hydrogens is 779 g/mol. The summed E-state index contributed by atoms with van der Waals surface area (Å²) in [5.74, 6) is -0.263. The zero-order valence-corrected chi connectivity index (χ0v) is 34.3. The molecule has 1 saturated heterocycles. The van der Waals surface area contributed by atoms with Crippen molar-refractivity contribution in [3.63, 3.8) is 0 Å². The lowest BCUT2D eigenvalue weighted by Gasteiger charge is -2.29. The number of carbonyl (C=O) groups excluding carboxylic acids is 3. The minimum Gasteiger partial charge on any atom is -0.465 e. The molecule has 18 heteroatoms. The third kappa shape index (κ3) is 11.6. The van der Waals surface area contributed by atoms with E-state index < -0.39 is 39.9 Å². The van der Waals surface area contributed by atoms with Crippen LogP contribution in [0.1, 0.15) is 64.0 Å². The van der Waals surface area contributed by atoms with Crippen LogP contribution in [0, 0.1) is 18.8 Å². The van der Waals surface area contributed by atoms with Crippen LogP contribution in [-0.4, -0.2) is 100 Å². The van der Waals surface area contributed by atoms with Crippen LogP contribution in [0.4, 0.5) is 15.3 Å². The molecule has 4 amide bonds. The van der Waals surface area contributed by atoms with Crippen LogP contribution < -0.4 is 20.7 Å². The number of amides is 4. The number of aromatic nitrogens is 4. The molecule has 17 nitrogen and oxygen atoms in total. The van der Waals surface area contributed by atoms with Gasteiger partial charge in [0.05, 0.1) is 4.90 Å². The predicted molar refractivity (Wildman–Crippen MR) is 219 cm³/mol. The van der Waals surface area contributed by atoms with Crippen molar-refractivity contribution in [1.29, 1.82) is 0 Å². The molecule has 59 heavy (non-hydrogen) atoms. The SMILES string of the molecule is Cc1cc(S(=O)(=O)N[C@@H]2CCN(C(=O)O)C2)ccc1-c1ccc(C[C@H](NC(=O)[C@H]2CC[C@H](CNC(=O)OC(C)(C)C)CC2)C(=O)Nc2ccc(-c3nn[nH]n3)cc2)cc1. The number of aromatic amines is 1. The first-order valence-electron chi connectivity index (χ1n) is 19.6. The highest BCUT2D eigenvalue weighted by Crippen LogP contribution is 2.30. The fourth-order valence-electron chi connectivity index (χ4n) is 7.39. The minimum atomic E-state index is -3.88. The maximum atomic E-state index is 13.8. The monoisotopic (exact) mass is 829 g/mol. The van der Waals surface area contributed by atoms with E-state index in [1.54, 1.807) is 36.4 Å². The van der Waals surface area contributed by atoms with Gasteiger partial charge in [0, 0.05) is 49.3 Å². The van der Waals surface area contributed by atoms with Crippen molar-refractivity contribution < 1.29 is 37.4 Å². The Kier molecular flexibility index (Phi) is 13.3. The predicted octanol–water partition coefficient (Wildman–Crippen LogP) is 4.87. The molecule has 1 aliphatic carbocycles. The van der Waals surface area contributed by atoms with Crippen LogP contribution in [0.15, 0.2) is 71.6 Å². The second-order valence-corrected chi connectivity index (χ2v) is 17.9. The zero-order valence-electron chi connectivity index (χ0n) is 33.5. The molecule has 0 bridgehead atoms. The number of alkyl carbamates (subject to hydrolysis) is 1. The molecule has 2 atom stereocenters. The van der Waals surface area contributed by atoms with Crippen LogP contribution in [-0.2, 0) is 30.8 Å². The highest BCUT2D eigenvalue weighted by atomic mass is 32.2. The summed E-state index contributed by atoms with van der Waals surface area (Å²) in [6.45, 7) is 8.07. The van der Waals surface area contributed by atoms with Crippen molar-refractivity contribution in [2.75, 3.05) is 25.0 Å². The number of sulfonamides is 1. The van der Waals surface area contributed by atoms with Gasteiger partial charge < -0.3 is 30.7 Å². The number of carbonyl (C=O) groups is 4. The summed E-state index contributed by atoms with van der Waals surface area (Å²) in [4.78, 5) is 52.3. The van der Waals surface area contributed by atoms with Gasteiger partial charge in [0.15, 0.2) is 0 Å². The number of nitrogens with one attached hydrogen (secondary N) is 5. The van der Waals surface area contributed by atoms with E-state index in [0.29, 0.717) is 42.9 Å². The molecule has 314 valence electrons. The standard InChI is InChI=1S/C41H51N9O8S/c1-25-21-33(59(56,57)47-32-19-20-50(24-32)40(54)55)17-18-34(25)28-9-5-26(6-10-28)22-35(38(52)43-31-15-13-29(14-16-31)36-45-48-49-46-36)44-37(51)30-11-7-27(8-12-30)23-42-39(53)58-41(2,3)4/h5-6,9-10,13-18,21,27,30,32,35,47H,7-8,11-12,19-20,22-24H2,1-4H3,(H,42,53)(H,43,52)(H,44,51)(H,54,55)(H,45,46,48,49)/t27-,30-,32-,35+/m1/s1. The van der Waals surface area contributed by atoms with E-state index in [1.165, 1.54) is 11.0 Å². The van der Waals surface area contributed by atoms with Crippen molar-refractivity contribution in [3.05, 3.63) is 77.9 Å². The van der Waals surface area contributed by atoms with Gasteiger partial charge in [0.2, 0.25) is 27.7 Å². The Morgan fingerprint density at radius 3 is 2.25 bits per heavy atom. The fraction of sp³-hybridized carbons (Fsp3) is 0.439. The number of likely N-dealkylation sites (tertiary alicyclic amines) is 1. The first kappa shape index (κ1) is 42.7. The van der Waals surface area contributed by atoms with Gasteiger partial charge in [-0.1, -0.05) is 30.3 Å². The van der Waals surface area contributed by atoms with Crippen LogP contribution in [0.25, 0.3) is 22.5 Å². The summed E-state index contributed by atoms with van der Waals surface area (Å²) in [5, 5.41) is 32.0. The van der Waals surface area contributed by atoms with Gasteiger partial charge in [-0.2, -0.15) is 5.21 Å². The number of hydrogen-bond donors (Lipinski definition) is 6. The maximum Gasteiger partial charge on any atom is 0.407 e. The number of rotatable bonds is 13. The van der Waals surface area contributed by atoms with Gasteiger partial charge in [-0.25, -0.2) is 22.7 Å². The third-order valence-corrected chi connectivity index (χ3v) is 12.1. The molecule has 3 aromatic carbocycles. The average Bonchev–Trinajstić information content (AvgIpc) is 3.90. The van der Waals surface area contributed by atoms with Gasteiger partial charge in [0.25, 0.3) is 0 Å². The maximum absolute atomic E-state index is 13.8. The molecule has 2 fully saturated rings. The molecule has 0 radical (unpaired) electrons. The van der Waals surface area contributed by atoms with Gasteiger partial charge in [-0.3, -0.25) is 9.59 Å². The Bertz CT molecular complexity index is 2220. The van der Waals surface area contributed by atoms with Crippen LogP contribution >= 0.6 is 0 Å². The fourth-order valence-corrected chi connectivity index (χ4v) is 8.73. The summed E-state index contributed by atoms with van der Waals surface area (Å²) in [6.07, 6.45) is 1.78. The number of anilines is 1. The largest absolute Gasteiger partial charge is 0.465 e. The van der Waals surface area contributed by atoms with Crippen LogP contribution in [0.3, 0.4) is 0 Å². The van der Waals surface area contributed by atoms with Gasteiger partial charge >= 0.3 is 12.2 Å². The molecule has 6 rings (SSSR count). The lowest BCUT2D eigenvalue weighted by Crippen LogP contribution is -2.48. The van der Waals surface area contributed by atoms with E-state index in [0.717, 1.165) is 35.1 Å². The topological polar surface area (TPSA) is 238 Å². The third-order valence-electron chi connectivity index (χ3n) is 10.5. The molecule has 4 aromatic rings. The number of ether oxygens (including phenoxy) is 1. The van der Waals surface area contributed by atoms with E-state index in [2.05, 4.69) is 41.3 Å². The van der Waals surface area contributed by atoms with E-state index in [1.807, 2.05) is 52.0 Å². The second kappa shape index (κ2) is 18.4. The molecule has 0 unspecified atom stereocenters. The number of nitrogens with zero attached hydrogens (tertiary/aromatic N) is 4. The Morgan fingerprint density at radius 2 is 1.64 bits per heavy atom. The smallest absolute Gasteiger partial charge is 0.407 e. The quantitative estimate of drug-likeness (QED) is 0.106. The molecule has 1 saturated carbocycles. The number of H-pyrrole nitrogens is 1. The molecular formula is C41H51N9O8S. The van der Waals surface area contributed by atoms with Crippen LogP contribution in [0.5, 0.6) is 0 Å². The lowest BCUT2D eigenvalue weighted by atomic mass is 9.81. The van der Waals surface area contributed by atoms with Gasteiger partial charge in [0.1, 0.15) is 11.6 Å². The molecule has 0 spiro atoms. The van der Waals surface area contributed by atoms with E-state index in [-0.39, 0.29) is 48.1 Å². The van der Waals surface area contributed by atoms with E-state index in [4.69, 9.17) is 4.74 Å².